The van der Waals surface area contributed by atoms with Gasteiger partial charge in [-0.05, 0) is 24.6 Å². The van der Waals surface area contributed by atoms with E-state index in [2.05, 4.69) is 26.0 Å². The smallest absolute Gasteiger partial charge is 0.375 e. The van der Waals surface area contributed by atoms with Crippen LogP contribution in [0, 0.1) is 5.82 Å². The average Bonchev–Trinajstić information content (AvgIpc) is 2.77. The molecule has 2 rings (SSSR count). The Balaban J connectivity index is 2.59. The molecular weight excluding hydrogens is 317 g/mol. The van der Waals surface area contributed by atoms with Crippen molar-refractivity contribution in [2.75, 3.05) is 0 Å². The number of hydrogen-bond donors (Lipinski definition) is 1. The zero-order chi connectivity index (χ0) is 14.0. The molecule has 2 aromatic rings. The van der Waals surface area contributed by atoms with Crippen LogP contribution in [0.5, 0.6) is 0 Å². The molecule has 0 aliphatic rings. The predicted molar refractivity (Wildman–Crippen MR) is 70.0 cm³/mol. The number of aryl methyl sites for hydroxylation is 1. The van der Waals surface area contributed by atoms with Gasteiger partial charge in [0.1, 0.15) is 17.3 Å². The predicted octanol–water partition coefficient (Wildman–Crippen LogP) is 2.82. The summed E-state index contributed by atoms with van der Waals surface area (Å²) in [6, 6.07) is 4.39. The highest BCUT2D eigenvalue weighted by atomic mass is 79.9. The second-order valence-electron chi connectivity index (χ2n) is 3.91. The molecule has 7 heteroatoms. The lowest BCUT2D eigenvalue weighted by Gasteiger charge is -2.06. The summed E-state index contributed by atoms with van der Waals surface area (Å²) in [5.74, 6) is -1.62. The first-order valence-corrected chi connectivity index (χ1v) is 6.47. The first-order chi connectivity index (χ1) is 9.02. The number of rotatable bonds is 4. The van der Waals surface area contributed by atoms with Gasteiger partial charge in [0.15, 0.2) is 0 Å². The molecule has 0 radical (unpaired) electrons. The molecule has 0 aliphatic carbocycles. The molecule has 0 unspecified atom stereocenters. The topological polar surface area (TPSA) is 68.0 Å². The standard InChI is InChI=1S/C12H11BrFN3O2/c1-2-3-10-15-11(12(18)19)16-17(10)9-6-7(13)4-5-8(9)14/h4-6H,2-3H2,1H3,(H,18,19). The van der Waals surface area contributed by atoms with Crippen LogP contribution < -0.4 is 0 Å². The third-order valence-electron chi connectivity index (χ3n) is 2.48. The Morgan fingerprint density at radius 3 is 2.89 bits per heavy atom. The lowest BCUT2D eigenvalue weighted by Crippen LogP contribution is -2.06. The molecule has 0 aliphatic heterocycles. The Labute approximate surface area is 117 Å². The molecule has 0 atom stereocenters. The molecule has 19 heavy (non-hydrogen) atoms. The SMILES string of the molecule is CCCc1nc(C(=O)O)nn1-c1cc(Br)ccc1F. The fourth-order valence-electron chi connectivity index (χ4n) is 1.66. The summed E-state index contributed by atoms with van der Waals surface area (Å²) in [5.41, 5.74) is 0.179. The van der Waals surface area contributed by atoms with Crippen molar-refractivity contribution < 1.29 is 14.3 Å². The maximum absolute atomic E-state index is 13.8. The van der Waals surface area contributed by atoms with Crippen LogP contribution in [0.4, 0.5) is 4.39 Å². The van der Waals surface area contributed by atoms with Crippen molar-refractivity contribution in [3.05, 3.63) is 40.1 Å². The zero-order valence-corrected chi connectivity index (χ0v) is 11.7. The van der Waals surface area contributed by atoms with Gasteiger partial charge in [0, 0.05) is 10.9 Å². The van der Waals surface area contributed by atoms with E-state index in [9.17, 15) is 9.18 Å². The number of carbonyl (C=O) groups is 1. The van der Waals surface area contributed by atoms with Crippen LogP contribution in [0.1, 0.15) is 29.8 Å². The van der Waals surface area contributed by atoms with Gasteiger partial charge in [0.2, 0.25) is 0 Å². The van der Waals surface area contributed by atoms with Crippen LogP contribution in [0.2, 0.25) is 0 Å². The van der Waals surface area contributed by atoms with Crippen LogP contribution in [0.15, 0.2) is 22.7 Å². The monoisotopic (exact) mass is 327 g/mol. The lowest BCUT2D eigenvalue weighted by molar-refractivity contribution is 0.0683. The van der Waals surface area contributed by atoms with Crippen molar-refractivity contribution in [3.8, 4) is 5.69 Å². The summed E-state index contributed by atoms with van der Waals surface area (Å²) in [7, 11) is 0. The lowest BCUT2D eigenvalue weighted by atomic mass is 10.3. The Morgan fingerprint density at radius 1 is 1.53 bits per heavy atom. The molecule has 1 N–H and O–H groups in total. The summed E-state index contributed by atoms with van der Waals surface area (Å²) in [4.78, 5) is 14.8. The number of carboxylic acid groups (broad SMARTS) is 1. The van der Waals surface area contributed by atoms with E-state index < -0.39 is 11.8 Å². The fraction of sp³-hybridized carbons (Fsp3) is 0.250. The summed E-state index contributed by atoms with van der Waals surface area (Å²) in [6.45, 7) is 1.93. The molecule has 0 fully saturated rings. The van der Waals surface area contributed by atoms with Crippen molar-refractivity contribution >= 4 is 21.9 Å². The Morgan fingerprint density at radius 2 is 2.26 bits per heavy atom. The number of nitrogens with zero attached hydrogens (tertiary/aromatic N) is 3. The molecule has 0 spiro atoms. The van der Waals surface area contributed by atoms with Gasteiger partial charge in [-0.15, -0.1) is 5.10 Å². The quantitative estimate of drug-likeness (QED) is 0.937. The third kappa shape index (κ3) is 2.81. The minimum Gasteiger partial charge on any atom is -0.475 e. The molecule has 0 bridgehead atoms. The van der Waals surface area contributed by atoms with E-state index >= 15 is 0 Å². The van der Waals surface area contributed by atoms with E-state index in [4.69, 9.17) is 5.11 Å². The highest BCUT2D eigenvalue weighted by molar-refractivity contribution is 9.10. The summed E-state index contributed by atoms with van der Waals surface area (Å²) >= 11 is 3.25. The highest BCUT2D eigenvalue weighted by Gasteiger charge is 2.18. The fourth-order valence-corrected chi connectivity index (χ4v) is 2.01. The number of hydrogen-bond acceptors (Lipinski definition) is 3. The van der Waals surface area contributed by atoms with Crippen molar-refractivity contribution in [1.82, 2.24) is 14.8 Å². The molecule has 1 heterocycles. The van der Waals surface area contributed by atoms with Crippen molar-refractivity contribution in [2.45, 2.75) is 19.8 Å². The van der Waals surface area contributed by atoms with Gasteiger partial charge in [-0.3, -0.25) is 0 Å². The van der Waals surface area contributed by atoms with Crippen molar-refractivity contribution in [2.24, 2.45) is 0 Å². The van der Waals surface area contributed by atoms with Crippen molar-refractivity contribution in [1.29, 1.82) is 0 Å². The normalized spacial score (nSPS) is 10.7. The van der Waals surface area contributed by atoms with E-state index in [0.29, 0.717) is 16.7 Å². The second-order valence-corrected chi connectivity index (χ2v) is 4.83. The van der Waals surface area contributed by atoms with E-state index in [1.54, 1.807) is 6.07 Å². The Bertz CT molecular complexity index is 627. The number of aromatic nitrogens is 3. The van der Waals surface area contributed by atoms with Crippen molar-refractivity contribution in [3.63, 3.8) is 0 Å². The molecule has 0 saturated carbocycles. The van der Waals surface area contributed by atoms with E-state index in [1.165, 1.54) is 16.8 Å². The van der Waals surface area contributed by atoms with E-state index in [0.717, 1.165) is 6.42 Å². The van der Waals surface area contributed by atoms with Crippen LogP contribution in [0.3, 0.4) is 0 Å². The Hall–Kier alpha value is -1.76. The van der Waals surface area contributed by atoms with E-state index in [1.807, 2.05) is 6.92 Å². The maximum Gasteiger partial charge on any atom is 0.375 e. The van der Waals surface area contributed by atoms with Gasteiger partial charge in [-0.1, -0.05) is 22.9 Å². The van der Waals surface area contributed by atoms with Crippen LogP contribution in [-0.2, 0) is 6.42 Å². The van der Waals surface area contributed by atoms with Gasteiger partial charge in [-0.25, -0.2) is 18.9 Å². The van der Waals surface area contributed by atoms with Gasteiger partial charge < -0.3 is 5.11 Å². The molecule has 0 saturated heterocycles. The third-order valence-corrected chi connectivity index (χ3v) is 2.97. The Kier molecular flexibility index (Phi) is 3.94. The number of halogens is 2. The number of benzene rings is 1. The van der Waals surface area contributed by atoms with Gasteiger partial charge in [-0.2, -0.15) is 0 Å². The number of carboxylic acids is 1. The minimum atomic E-state index is -1.23. The summed E-state index contributed by atoms with van der Waals surface area (Å²) < 4.78 is 15.8. The zero-order valence-electron chi connectivity index (χ0n) is 10.1. The van der Waals surface area contributed by atoms with Gasteiger partial charge in [0.25, 0.3) is 5.82 Å². The molecule has 1 aromatic carbocycles. The first-order valence-electron chi connectivity index (χ1n) is 5.67. The van der Waals surface area contributed by atoms with E-state index in [-0.39, 0.29) is 11.5 Å². The first kappa shape index (κ1) is 13.7. The largest absolute Gasteiger partial charge is 0.475 e. The minimum absolute atomic E-state index is 0.179. The number of aromatic carboxylic acids is 1. The molecule has 0 amide bonds. The van der Waals surface area contributed by atoms with Crippen LogP contribution in [-0.4, -0.2) is 25.8 Å². The van der Waals surface area contributed by atoms with Crippen LogP contribution in [0.25, 0.3) is 5.69 Å². The molecular formula is C12H11BrFN3O2. The highest BCUT2D eigenvalue weighted by Crippen LogP contribution is 2.20. The molecule has 100 valence electrons. The summed E-state index contributed by atoms with van der Waals surface area (Å²) in [5, 5.41) is 12.8. The van der Waals surface area contributed by atoms with Gasteiger partial charge >= 0.3 is 5.97 Å². The second kappa shape index (κ2) is 5.48. The van der Waals surface area contributed by atoms with Crippen LogP contribution >= 0.6 is 15.9 Å². The average molecular weight is 328 g/mol. The molecule has 1 aromatic heterocycles. The molecule has 5 nitrogen and oxygen atoms in total. The maximum atomic E-state index is 13.8. The van der Waals surface area contributed by atoms with Gasteiger partial charge in [0.05, 0.1) is 0 Å². The summed E-state index contributed by atoms with van der Waals surface area (Å²) in [6.07, 6.45) is 1.28.